The van der Waals surface area contributed by atoms with Gasteiger partial charge in [0.05, 0.1) is 28.3 Å². The molecule has 0 aliphatic heterocycles. The third kappa shape index (κ3) is 3.90. The molecule has 0 spiro atoms. The zero-order valence-electron chi connectivity index (χ0n) is 16.1. The molecule has 0 fully saturated rings. The van der Waals surface area contributed by atoms with Crippen LogP contribution in [0.5, 0.6) is 0 Å². The summed E-state index contributed by atoms with van der Waals surface area (Å²) in [6.45, 7) is 4.57. The third-order valence-electron chi connectivity index (χ3n) is 4.81. The molecule has 0 radical (unpaired) electrons. The molecule has 0 N–H and O–H groups in total. The van der Waals surface area contributed by atoms with Gasteiger partial charge in [0, 0.05) is 33.0 Å². The Hall–Kier alpha value is -2.61. The first-order chi connectivity index (χ1) is 12.8. The number of imidazole rings is 1. The summed E-state index contributed by atoms with van der Waals surface area (Å²) in [7, 11) is -0.244. The molecule has 8 heteroatoms. The average Bonchev–Trinajstić information content (AvgIpc) is 3.23. The van der Waals surface area contributed by atoms with E-state index in [-0.39, 0.29) is 4.90 Å². The number of nitrogens with zero attached hydrogens (tertiary/aromatic N) is 5. The van der Waals surface area contributed by atoms with Gasteiger partial charge in [-0.2, -0.15) is 5.10 Å². The fourth-order valence-electron chi connectivity index (χ4n) is 3.21. The van der Waals surface area contributed by atoms with Crippen molar-refractivity contribution in [1.82, 2.24) is 19.3 Å². The van der Waals surface area contributed by atoms with Crippen molar-refractivity contribution in [1.29, 1.82) is 0 Å². The summed E-state index contributed by atoms with van der Waals surface area (Å²) in [5, 5.41) is 4.31. The van der Waals surface area contributed by atoms with E-state index >= 15 is 0 Å². The maximum absolute atomic E-state index is 13.0. The summed E-state index contributed by atoms with van der Waals surface area (Å²) in [5.74, 6) is 0. The molecule has 0 saturated carbocycles. The topological polar surface area (TPSA) is 73.0 Å². The lowest BCUT2D eigenvalue weighted by Gasteiger charge is -2.20. The normalized spacial score (nSPS) is 11.7. The Morgan fingerprint density at radius 2 is 1.85 bits per heavy atom. The summed E-state index contributed by atoms with van der Waals surface area (Å²) >= 11 is 0. The molecular formula is C19H25N5O2S. The van der Waals surface area contributed by atoms with Crippen LogP contribution < -0.4 is 4.31 Å². The minimum atomic E-state index is -3.63. The monoisotopic (exact) mass is 387 g/mol. The molecule has 27 heavy (non-hydrogen) atoms. The van der Waals surface area contributed by atoms with E-state index in [1.54, 1.807) is 36.4 Å². The highest BCUT2D eigenvalue weighted by Crippen LogP contribution is 2.28. The second-order valence-electron chi connectivity index (χ2n) is 6.66. The largest absolute Gasteiger partial charge is 0.337 e. The van der Waals surface area contributed by atoms with Gasteiger partial charge in [-0.05, 0) is 44.4 Å². The summed E-state index contributed by atoms with van der Waals surface area (Å²) in [6, 6.07) is 7.13. The molecule has 3 aromatic rings. The predicted molar refractivity (Wildman–Crippen MR) is 105 cm³/mol. The first-order valence-electron chi connectivity index (χ1n) is 8.84. The lowest BCUT2D eigenvalue weighted by atomic mass is 10.1. The lowest BCUT2D eigenvalue weighted by Crippen LogP contribution is -2.27. The quantitative estimate of drug-likeness (QED) is 0.625. The van der Waals surface area contributed by atoms with Crippen LogP contribution in [0.15, 0.2) is 47.9 Å². The zero-order valence-corrected chi connectivity index (χ0v) is 16.9. The van der Waals surface area contributed by atoms with E-state index in [1.807, 2.05) is 43.8 Å². The van der Waals surface area contributed by atoms with Crippen LogP contribution >= 0.6 is 0 Å². The van der Waals surface area contributed by atoms with Gasteiger partial charge in [-0.15, -0.1) is 0 Å². The molecule has 7 nitrogen and oxygen atoms in total. The highest BCUT2D eigenvalue weighted by molar-refractivity contribution is 7.92. The van der Waals surface area contributed by atoms with Crippen LogP contribution in [-0.2, 0) is 30.0 Å². The van der Waals surface area contributed by atoms with Crippen molar-refractivity contribution in [2.24, 2.45) is 7.05 Å². The zero-order chi connectivity index (χ0) is 19.6. The fourth-order valence-corrected chi connectivity index (χ4v) is 4.51. The highest BCUT2D eigenvalue weighted by Gasteiger charge is 2.26. The maximum atomic E-state index is 13.0. The Morgan fingerprint density at radius 1 is 1.15 bits per heavy atom. The molecule has 2 heterocycles. The van der Waals surface area contributed by atoms with Gasteiger partial charge in [-0.1, -0.05) is 12.1 Å². The van der Waals surface area contributed by atoms with Crippen LogP contribution in [0, 0.1) is 13.8 Å². The molecule has 0 bridgehead atoms. The van der Waals surface area contributed by atoms with Gasteiger partial charge in [0.2, 0.25) is 0 Å². The van der Waals surface area contributed by atoms with Gasteiger partial charge in [-0.3, -0.25) is 8.99 Å². The van der Waals surface area contributed by atoms with E-state index in [4.69, 9.17) is 0 Å². The van der Waals surface area contributed by atoms with E-state index in [2.05, 4.69) is 10.1 Å². The molecule has 0 amide bonds. The number of benzene rings is 1. The molecular weight excluding hydrogens is 362 g/mol. The number of sulfonamides is 1. The van der Waals surface area contributed by atoms with Gasteiger partial charge in [0.25, 0.3) is 10.0 Å². The molecule has 0 atom stereocenters. The second kappa shape index (κ2) is 7.56. The Balaban J connectivity index is 1.73. The van der Waals surface area contributed by atoms with Crippen LogP contribution in [0.2, 0.25) is 0 Å². The van der Waals surface area contributed by atoms with Gasteiger partial charge in [-0.25, -0.2) is 13.4 Å². The number of hydrogen-bond acceptors (Lipinski definition) is 4. The van der Waals surface area contributed by atoms with E-state index < -0.39 is 10.0 Å². The van der Waals surface area contributed by atoms with E-state index in [0.29, 0.717) is 11.4 Å². The molecule has 144 valence electrons. The summed E-state index contributed by atoms with van der Waals surface area (Å²) in [5.41, 5.74) is 3.25. The third-order valence-corrected chi connectivity index (χ3v) is 6.58. The Kier molecular flexibility index (Phi) is 5.36. The van der Waals surface area contributed by atoms with Crippen molar-refractivity contribution in [2.45, 2.75) is 38.1 Å². The Labute approximate surface area is 160 Å². The minimum Gasteiger partial charge on any atom is -0.337 e. The van der Waals surface area contributed by atoms with Crippen molar-refractivity contribution in [3.05, 3.63) is 59.9 Å². The summed E-state index contributed by atoms with van der Waals surface area (Å²) in [6.07, 6.45) is 7.36. The second-order valence-corrected chi connectivity index (χ2v) is 8.63. The average molecular weight is 388 g/mol. The SMILES string of the molecule is Cc1nn(C)c(C)c1N(C)S(=O)(=O)c1ccc(CCCn2ccnc2)cc1. The summed E-state index contributed by atoms with van der Waals surface area (Å²) < 4.78 is 31.1. The Bertz CT molecular complexity index is 1010. The first kappa shape index (κ1) is 19.2. The fraction of sp³-hybridized carbons (Fsp3) is 0.368. The minimum absolute atomic E-state index is 0.283. The smallest absolute Gasteiger partial charge is 0.264 e. The van der Waals surface area contributed by atoms with E-state index in [0.717, 1.165) is 30.6 Å². The van der Waals surface area contributed by atoms with Crippen LogP contribution in [0.4, 0.5) is 5.69 Å². The molecule has 0 aliphatic carbocycles. The number of rotatable bonds is 7. The molecule has 0 aliphatic rings. The van der Waals surface area contributed by atoms with Crippen molar-refractivity contribution in [3.63, 3.8) is 0 Å². The van der Waals surface area contributed by atoms with Gasteiger partial charge in [0.1, 0.15) is 0 Å². The Morgan fingerprint density at radius 3 is 2.41 bits per heavy atom. The molecule has 3 rings (SSSR count). The van der Waals surface area contributed by atoms with Gasteiger partial charge in [0.15, 0.2) is 0 Å². The lowest BCUT2D eigenvalue weighted by molar-refractivity contribution is 0.594. The number of anilines is 1. The predicted octanol–water partition coefficient (Wildman–Crippen LogP) is 2.69. The molecule has 1 aromatic carbocycles. The van der Waals surface area contributed by atoms with Crippen LogP contribution in [-0.4, -0.2) is 34.8 Å². The van der Waals surface area contributed by atoms with Crippen LogP contribution in [0.3, 0.4) is 0 Å². The standard InChI is InChI=1S/C19H25N5O2S/c1-15-19(16(2)22(3)21-15)23(4)27(25,26)18-9-7-17(8-10-18)6-5-12-24-13-11-20-14-24/h7-11,13-14H,5-6,12H2,1-4H3. The number of aromatic nitrogens is 4. The van der Waals surface area contributed by atoms with Crippen LogP contribution in [0.25, 0.3) is 0 Å². The van der Waals surface area contributed by atoms with Crippen molar-refractivity contribution in [2.75, 3.05) is 11.4 Å². The number of hydrogen-bond donors (Lipinski definition) is 0. The van der Waals surface area contributed by atoms with E-state index in [9.17, 15) is 8.42 Å². The molecule has 2 aromatic heterocycles. The van der Waals surface area contributed by atoms with Gasteiger partial charge >= 0.3 is 0 Å². The van der Waals surface area contributed by atoms with Crippen LogP contribution in [0.1, 0.15) is 23.4 Å². The van der Waals surface area contributed by atoms with E-state index in [1.165, 1.54) is 4.31 Å². The highest BCUT2D eigenvalue weighted by atomic mass is 32.2. The first-order valence-corrected chi connectivity index (χ1v) is 10.3. The van der Waals surface area contributed by atoms with Crippen molar-refractivity contribution >= 4 is 15.7 Å². The van der Waals surface area contributed by atoms with Crippen molar-refractivity contribution < 1.29 is 8.42 Å². The molecule has 0 unspecified atom stereocenters. The molecule has 0 saturated heterocycles. The maximum Gasteiger partial charge on any atom is 0.264 e. The summed E-state index contributed by atoms with van der Waals surface area (Å²) in [4.78, 5) is 4.31. The number of aryl methyl sites for hydroxylation is 4. The van der Waals surface area contributed by atoms with Gasteiger partial charge < -0.3 is 4.57 Å². The van der Waals surface area contributed by atoms with Crippen molar-refractivity contribution in [3.8, 4) is 0 Å².